The molecule has 1 rings (SSSR count). The summed E-state index contributed by atoms with van der Waals surface area (Å²) in [4.78, 5) is 0. The third-order valence-corrected chi connectivity index (χ3v) is 2.35. The lowest BCUT2D eigenvalue weighted by atomic mass is 9.85. The van der Waals surface area contributed by atoms with E-state index in [1.807, 2.05) is 7.05 Å². The Morgan fingerprint density at radius 2 is 2.10 bits per heavy atom. The van der Waals surface area contributed by atoms with Crippen molar-refractivity contribution in [3.63, 3.8) is 0 Å². The van der Waals surface area contributed by atoms with Crippen LogP contribution in [0.4, 0.5) is 0 Å². The Morgan fingerprint density at radius 3 is 2.60 bits per heavy atom. The summed E-state index contributed by atoms with van der Waals surface area (Å²) < 4.78 is 0. The predicted molar refractivity (Wildman–Crippen MR) is 43.6 cm³/mol. The summed E-state index contributed by atoms with van der Waals surface area (Å²) in [5.74, 6) is 3.33. The fourth-order valence-electron chi connectivity index (χ4n) is 1.68. The monoisotopic (exact) mass is 137 g/mol. The molecule has 1 heteroatoms. The van der Waals surface area contributed by atoms with Crippen LogP contribution >= 0.6 is 0 Å². The van der Waals surface area contributed by atoms with Crippen molar-refractivity contribution < 1.29 is 0 Å². The first-order valence-corrected chi connectivity index (χ1v) is 4.02. The maximum Gasteiger partial charge on any atom is 0.0353 e. The maximum absolute atomic E-state index is 5.38. The zero-order chi connectivity index (χ0) is 7.40. The highest BCUT2D eigenvalue weighted by Gasteiger charge is 2.20. The molecular weight excluding hydrogens is 122 g/mol. The van der Waals surface area contributed by atoms with Crippen LogP contribution in [-0.4, -0.2) is 13.1 Å². The van der Waals surface area contributed by atoms with Gasteiger partial charge in [0.2, 0.25) is 0 Å². The molecule has 0 heterocycles. The molecule has 10 heavy (non-hydrogen) atoms. The van der Waals surface area contributed by atoms with Crippen LogP contribution in [-0.2, 0) is 0 Å². The van der Waals surface area contributed by atoms with E-state index in [4.69, 9.17) is 6.42 Å². The molecule has 56 valence electrons. The lowest BCUT2D eigenvalue weighted by Crippen LogP contribution is -2.35. The molecule has 1 saturated carbocycles. The average molecular weight is 137 g/mol. The molecule has 0 bridgehead atoms. The molecule has 1 aliphatic rings. The first-order valence-electron chi connectivity index (χ1n) is 4.02. The smallest absolute Gasteiger partial charge is 0.0353 e. The van der Waals surface area contributed by atoms with Gasteiger partial charge in [-0.2, -0.15) is 0 Å². The Bertz CT molecular complexity index is 134. The summed E-state index contributed by atoms with van der Waals surface area (Å²) in [5.41, 5.74) is 0. The van der Waals surface area contributed by atoms with Gasteiger partial charge < -0.3 is 5.32 Å². The molecule has 1 nitrogen and oxygen atoms in total. The average Bonchev–Trinajstić information content (AvgIpc) is 2.04. The van der Waals surface area contributed by atoms with E-state index in [1.54, 1.807) is 0 Å². The highest BCUT2D eigenvalue weighted by Crippen LogP contribution is 2.22. The second kappa shape index (κ2) is 3.63. The Balaban J connectivity index is 2.44. The molecular formula is C9H15N. The van der Waals surface area contributed by atoms with E-state index < -0.39 is 0 Å². The molecule has 1 aliphatic carbocycles. The molecule has 0 aliphatic heterocycles. The largest absolute Gasteiger partial charge is 0.316 e. The van der Waals surface area contributed by atoms with E-state index >= 15 is 0 Å². The second-order valence-corrected chi connectivity index (χ2v) is 2.95. The number of hydrogen-bond acceptors (Lipinski definition) is 1. The first-order chi connectivity index (χ1) is 4.88. The lowest BCUT2D eigenvalue weighted by molar-refractivity contribution is 0.331. The van der Waals surface area contributed by atoms with E-state index in [0.29, 0.717) is 12.0 Å². The minimum absolute atomic E-state index is 0.485. The quantitative estimate of drug-likeness (QED) is 0.539. The summed E-state index contributed by atoms with van der Waals surface area (Å²) in [6.07, 6.45) is 10.5. The Morgan fingerprint density at radius 1 is 1.40 bits per heavy atom. The maximum atomic E-state index is 5.38. The topological polar surface area (TPSA) is 12.0 Å². The van der Waals surface area contributed by atoms with Crippen molar-refractivity contribution in [3.05, 3.63) is 0 Å². The van der Waals surface area contributed by atoms with Gasteiger partial charge in [0.15, 0.2) is 0 Å². The van der Waals surface area contributed by atoms with Gasteiger partial charge in [0.1, 0.15) is 0 Å². The molecule has 2 atom stereocenters. The summed E-state index contributed by atoms with van der Waals surface area (Å²) in [5, 5.41) is 3.26. The minimum atomic E-state index is 0.485. The van der Waals surface area contributed by atoms with Crippen molar-refractivity contribution in [3.8, 4) is 12.3 Å². The van der Waals surface area contributed by atoms with Crippen LogP contribution < -0.4 is 5.32 Å². The van der Waals surface area contributed by atoms with Gasteiger partial charge in [0, 0.05) is 12.0 Å². The predicted octanol–water partition coefficient (Wildman–Crippen LogP) is 1.40. The van der Waals surface area contributed by atoms with Crippen molar-refractivity contribution in [1.29, 1.82) is 0 Å². The van der Waals surface area contributed by atoms with Crippen molar-refractivity contribution in [2.24, 2.45) is 5.92 Å². The molecule has 0 aromatic rings. The fourth-order valence-corrected chi connectivity index (χ4v) is 1.68. The van der Waals surface area contributed by atoms with E-state index in [1.165, 1.54) is 25.7 Å². The van der Waals surface area contributed by atoms with Gasteiger partial charge in [-0.05, 0) is 19.9 Å². The van der Waals surface area contributed by atoms with Gasteiger partial charge in [-0.1, -0.05) is 12.8 Å². The van der Waals surface area contributed by atoms with E-state index in [0.717, 1.165) is 0 Å². The summed E-state index contributed by atoms with van der Waals surface area (Å²) in [6.45, 7) is 0. The Hall–Kier alpha value is -0.480. The second-order valence-electron chi connectivity index (χ2n) is 2.95. The normalized spacial score (nSPS) is 33.2. The van der Waals surface area contributed by atoms with Crippen LogP contribution in [0, 0.1) is 18.3 Å². The lowest BCUT2D eigenvalue weighted by Gasteiger charge is -2.27. The minimum Gasteiger partial charge on any atom is -0.316 e. The summed E-state index contributed by atoms with van der Waals surface area (Å²) >= 11 is 0. The first kappa shape index (κ1) is 7.63. The third-order valence-electron chi connectivity index (χ3n) is 2.35. The highest BCUT2D eigenvalue weighted by atomic mass is 14.9. The van der Waals surface area contributed by atoms with Crippen molar-refractivity contribution in [2.45, 2.75) is 31.7 Å². The number of nitrogens with one attached hydrogen (secondary N) is 1. The number of rotatable bonds is 1. The van der Waals surface area contributed by atoms with Gasteiger partial charge >= 0.3 is 0 Å². The van der Waals surface area contributed by atoms with Gasteiger partial charge in [0.05, 0.1) is 0 Å². The van der Waals surface area contributed by atoms with E-state index in [9.17, 15) is 0 Å². The summed E-state index contributed by atoms with van der Waals surface area (Å²) in [7, 11) is 2.00. The Kier molecular flexibility index (Phi) is 2.77. The Labute approximate surface area is 63.2 Å². The van der Waals surface area contributed by atoms with E-state index in [2.05, 4.69) is 11.2 Å². The molecule has 0 amide bonds. The van der Waals surface area contributed by atoms with Crippen LogP contribution in [0.5, 0.6) is 0 Å². The van der Waals surface area contributed by atoms with Crippen LogP contribution in [0.1, 0.15) is 25.7 Å². The molecule has 0 spiro atoms. The SMILES string of the molecule is C#C[C@H]1CCCC[C@@H]1NC. The van der Waals surface area contributed by atoms with Crippen LogP contribution in [0.2, 0.25) is 0 Å². The number of hydrogen-bond donors (Lipinski definition) is 1. The zero-order valence-corrected chi connectivity index (χ0v) is 6.56. The van der Waals surface area contributed by atoms with Crippen molar-refractivity contribution in [1.82, 2.24) is 5.32 Å². The van der Waals surface area contributed by atoms with Crippen molar-refractivity contribution in [2.75, 3.05) is 7.05 Å². The van der Waals surface area contributed by atoms with Gasteiger partial charge in [-0.15, -0.1) is 12.3 Å². The molecule has 1 N–H and O–H groups in total. The molecule has 0 unspecified atom stereocenters. The standard InChI is InChI=1S/C9H15N/c1-3-8-6-4-5-7-9(8)10-2/h1,8-10H,4-7H2,2H3/t8-,9-/m0/s1. The fraction of sp³-hybridized carbons (Fsp3) is 0.778. The molecule has 0 radical (unpaired) electrons. The molecule has 0 saturated heterocycles. The van der Waals surface area contributed by atoms with E-state index in [-0.39, 0.29) is 0 Å². The zero-order valence-electron chi connectivity index (χ0n) is 6.56. The van der Waals surface area contributed by atoms with Crippen LogP contribution in [0.3, 0.4) is 0 Å². The molecule has 0 aromatic heterocycles. The highest BCUT2D eigenvalue weighted by molar-refractivity contribution is 5.00. The van der Waals surface area contributed by atoms with Crippen molar-refractivity contribution >= 4 is 0 Å². The third kappa shape index (κ3) is 1.52. The number of terminal acetylenes is 1. The summed E-state index contributed by atoms with van der Waals surface area (Å²) in [6, 6.07) is 0.582. The molecule has 0 aromatic carbocycles. The van der Waals surface area contributed by atoms with Crippen LogP contribution in [0.15, 0.2) is 0 Å². The van der Waals surface area contributed by atoms with Gasteiger partial charge in [-0.3, -0.25) is 0 Å². The molecule has 1 fully saturated rings. The van der Waals surface area contributed by atoms with Gasteiger partial charge in [-0.25, -0.2) is 0 Å². The van der Waals surface area contributed by atoms with Crippen LogP contribution in [0.25, 0.3) is 0 Å². The van der Waals surface area contributed by atoms with Gasteiger partial charge in [0.25, 0.3) is 0 Å².